The molecule has 1 saturated carbocycles. The van der Waals surface area contributed by atoms with Gasteiger partial charge in [0.2, 0.25) is 0 Å². The quantitative estimate of drug-likeness (QED) is 0.896. The highest BCUT2D eigenvalue weighted by molar-refractivity contribution is 5.74. The summed E-state index contributed by atoms with van der Waals surface area (Å²) >= 11 is 0. The molecule has 0 spiro atoms. The number of rotatable bonds is 4. The number of fused-ring (bicyclic) bond motifs is 1. The maximum atomic E-state index is 13.1. The topological polar surface area (TPSA) is 71.8 Å². The first-order valence-corrected chi connectivity index (χ1v) is 8.85. The summed E-state index contributed by atoms with van der Waals surface area (Å²) in [6.45, 7) is 2.68. The van der Waals surface area contributed by atoms with Crippen LogP contribution in [0, 0.1) is 11.7 Å². The molecule has 0 radical (unpaired) electrons. The molecule has 4 rings (SSSR count). The van der Waals surface area contributed by atoms with Crippen molar-refractivity contribution in [1.82, 2.24) is 25.4 Å². The number of urea groups is 1. The second-order valence-electron chi connectivity index (χ2n) is 7.04. The molecule has 7 heteroatoms. The largest absolute Gasteiger partial charge is 0.335 e. The Morgan fingerprint density at radius 3 is 2.72 bits per heavy atom. The molecule has 2 unspecified atom stereocenters. The van der Waals surface area contributed by atoms with E-state index < -0.39 is 0 Å². The Kier molecular flexibility index (Phi) is 4.15. The zero-order valence-corrected chi connectivity index (χ0v) is 14.2. The maximum Gasteiger partial charge on any atom is 0.315 e. The standard InChI is InChI=1S/C18H22FN5O/c1-11(12-2-3-12)20-18(25)21-15-8-9-16-22-23-17(24(16)10-15)13-4-6-14(19)7-5-13/h4-7,11-12,15H,2-3,8-10H2,1H3,(H2,20,21,25). The van der Waals surface area contributed by atoms with Crippen molar-refractivity contribution >= 4 is 6.03 Å². The second kappa shape index (κ2) is 6.46. The summed E-state index contributed by atoms with van der Waals surface area (Å²) in [6, 6.07) is 6.40. The van der Waals surface area contributed by atoms with Crippen LogP contribution in [-0.2, 0) is 13.0 Å². The van der Waals surface area contributed by atoms with E-state index in [1.165, 1.54) is 25.0 Å². The number of hydrogen-bond donors (Lipinski definition) is 2. The van der Waals surface area contributed by atoms with E-state index in [9.17, 15) is 9.18 Å². The van der Waals surface area contributed by atoms with Crippen LogP contribution in [-0.4, -0.2) is 32.9 Å². The number of carbonyl (C=O) groups excluding carboxylic acids is 1. The Bertz CT molecular complexity index is 768. The highest BCUT2D eigenvalue weighted by Gasteiger charge is 2.30. The summed E-state index contributed by atoms with van der Waals surface area (Å²) in [6.07, 6.45) is 4.01. The van der Waals surface area contributed by atoms with Crippen molar-refractivity contribution in [3.63, 3.8) is 0 Å². The lowest BCUT2D eigenvalue weighted by molar-refractivity contribution is 0.228. The van der Waals surface area contributed by atoms with E-state index in [1.807, 2.05) is 4.57 Å². The minimum atomic E-state index is -0.275. The SMILES string of the molecule is CC(NC(=O)NC1CCc2nnc(-c3ccc(F)cc3)n2C1)C1CC1. The van der Waals surface area contributed by atoms with Gasteiger partial charge >= 0.3 is 6.03 Å². The van der Waals surface area contributed by atoms with Crippen molar-refractivity contribution in [2.24, 2.45) is 5.92 Å². The van der Waals surface area contributed by atoms with Gasteiger partial charge in [0.15, 0.2) is 5.82 Å². The molecule has 2 atom stereocenters. The molecule has 1 aromatic heterocycles. The Labute approximate surface area is 145 Å². The van der Waals surface area contributed by atoms with Gasteiger partial charge in [0, 0.05) is 30.6 Å². The highest BCUT2D eigenvalue weighted by Crippen LogP contribution is 2.32. The van der Waals surface area contributed by atoms with Gasteiger partial charge in [-0.3, -0.25) is 0 Å². The van der Waals surface area contributed by atoms with Crippen molar-refractivity contribution < 1.29 is 9.18 Å². The monoisotopic (exact) mass is 343 g/mol. The number of nitrogens with one attached hydrogen (secondary N) is 2. The van der Waals surface area contributed by atoms with Gasteiger partial charge in [0.25, 0.3) is 0 Å². The normalized spacial score (nSPS) is 20.6. The smallest absolute Gasteiger partial charge is 0.315 e. The second-order valence-corrected chi connectivity index (χ2v) is 7.04. The van der Waals surface area contributed by atoms with Crippen molar-refractivity contribution in [2.75, 3.05) is 0 Å². The van der Waals surface area contributed by atoms with E-state index in [4.69, 9.17) is 0 Å². The van der Waals surface area contributed by atoms with Crippen LogP contribution in [0.15, 0.2) is 24.3 Å². The van der Waals surface area contributed by atoms with Gasteiger partial charge in [0.05, 0.1) is 0 Å². The minimum absolute atomic E-state index is 0.0362. The molecular weight excluding hydrogens is 321 g/mol. The van der Waals surface area contributed by atoms with Crippen molar-refractivity contribution in [2.45, 2.75) is 51.2 Å². The summed E-state index contributed by atoms with van der Waals surface area (Å²) in [5.74, 6) is 1.98. The average molecular weight is 343 g/mol. The van der Waals surface area contributed by atoms with Crippen LogP contribution in [0.25, 0.3) is 11.4 Å². The molecule has 2 N–H and O–H groups in total. The highest BCUT2D eigenvalue weighted by atomic mass is 19.1. The molecule has 25 heavy (non-hydrogen) atoms. The van der Waals surface area contributed by atoms with E-state index in [1.54, 1.807) is 12.1 Å². The third-order valence-corrected chi connectivity index (χ3v) is 5.07. The Morgan fingerprint density at radius 2 is 2.00 bits per heavy atom. The first-order chi connectivity index (χ1) is 12.1. The molecular formula is C18H22FN5O. The summed E-state index contributed by atoms with van der Waals surface area (Å²) in [7, 11) is 0. The molecule has 0 bridgehead atoms. The predicted octanol–water partition coefficient (Wildman–Crippen LogP) is 2.50. The number of aryl methyl sites for hydroxylation is 1. The summed E-state index contributed by atoms with van der Waals surface area (Å²) < 4.78 is 15.2. The molecule has 2 aliphatic rings. The first-order valence-electron chi connectivity index (χ1n) is 8.85. The molecule has 1 fully saturated rings. The van der Waals surface area contributed by atoms with E-state index in [0.29, 0.717) is 18.3 Å². The van der Waals surface area contributed by atoms with E-state index >= 15 is 0 Å². The van der Waals surface area contributed by atoms with Crippen molar-refractivity contribution in [3.8, 4) is 11.4 Å². The van der Waals surface area contributed by atoms with Gasteiger partial charge < -0.3 is 15.2 Å². The zero-order valence-electron chi connectivity index (χ0n) is 14.2. The Morgan fingerprint density at radius 1 is 1.24 bits per heavy atom. The van der Waals surface area contributed by atoms with Crippen molar-refractivity contribution in [1.29, 1.82) is 0 Å². The minimum Gasteiger partial charge on any atom is -0.335 e. The number of benzene rings is 1. The van der Waals surface area contributed by atoms with Crippen LogP contribution >= 0.6 is 0 Å². The zero-order chi connectivity index (χ0) is 17.4. The maximum absolute atomic E-state index is 13.1. The molecule has 1 aliphatic carbocycles. The summed E-state index contributed by atoms with van der Waals surface area (Å²) in [5, 5.41) is 14.6. The van der Waals surface area contributed by atoms with Crippen LogP contribution in [0.5, 0.6) is 0 Å². The summed E-state index contributed by atoms with van der Waals surface area (Å²) in [4.78, 5) is 12.2. The van der Waals surface area contributed by atoms with E-state index in [2.05, 4.69) is 27.8 Å². The van der Waals surface area contributed by atoms with Gasteiger partial charge in [-0.1, -0.05) is 0 Å². The number of nitrogens with zero attached hydrogens (tertiary/aromatic N) is 3. The molecule has 0 saturated heterocycles. The fraction of sp³-hybridized carbons (Fsp3) is 0.500. The number of aromatic nitrogens is 3. The fourth-order valence-corrected chi connectivity index (χ4v) is 3.41. The fourth-order valence-electron chi connectivity index (χ4n) is 3.41. The molecule has 132 valence electrons. The number of halogens is 1. The molecule has 1 aromatic carbocycles. The lowest BCUT2D eigenvalue weighted by Crippen LogP contribution is -2.48. The third-order valence-electron chi connectivity index (χ3n) is 5.07. The van der Waals surface area contributed by atoms with Crippen LogP contribution in [0.3, 0.4) is 0 Å². The van der Waals surface area contributed by atoms with Gasteiger partial charge in [-0.2, -0.15) is 0 Å². The Balaban J connectivity index is 1.44. The molecule has 1 aliphatic heterocycles. The molecule has 2 amide bonds. The van der Waals surface area contributed by atoms with Gasteiger partial charge in [-0.05, 0) is 56.4 Å². The van der Waals surface area contributed by atoms with Crippen LogP contribution in [0.1, 0.15) is 32.0 Å². The lowest BCUT2D eigenvalue weighted by Gasteiger charge is -2.26. The Hall–Kier alpha value is -2.44. The van der Waals surface area contributed by atoms with Crippen LogP contribution in [0.4, 0.5) is 9.18 Å². The lowest BCUT2D eigenvalue weighted by atomic mass is 10.1. The number of hydrogen-bond acceptors (Lipinski definition) is 3. The molecule has 6 nitrogen and oxygen atoms in total. The van der Waals surface area contributed by atoms with Gasteiger partial charge in [-0.25, -0.2) is 9.18 Å². The number of carbonyl (C=O) groups is 1. The van der Waals surface area contributed by atoms with Crippen LogP contribution in [0.2, 0.25) is 0 Å². The van der Waals surface area contributed by atoms with Crippen molar-refractivity contribution in [3.05, 3.63) is 35.9 Å². The van der Waals surface area contributed by atoms with E-state index in [0.717, 1.165) is 24.2 Å². The van der Waals surface area contributed by atoms with Gasteiger partial charge in [0.1, 0.15) is 11.6 Å². The number of amides is 2. The summed E-state index contributed by atoms with van der Waals surface area (Å²) in [5.41, 5.74) is 0.826. The molecule has 2 heterocycles. The van der Waals surface area contributed by atoms with Gasteiger partial charge in [-0.15, -0.1) is 10.2 Å². The third kappa shape index (κ3) is 3.50. The predicted molar refractivity (Wildman–Crippen MR) is 91.4 cm³/mol. The van der Waals surface area contributed by atoms with Crippen LogP contribution < -0.4 is 10.6 Å². The van der Waals surface area contributed by atoms with E-state index in [-0.39, 0.29) is 23.9 Å². The first kappa shape index (κ1) is 16.1. The average Bonchev–Trinajstić information content (AvgIpc) is 3.36. The molecule has 2 aromatic rings.